The average Bonchev–Trinajstić information content (AvgIpc) is 2.09. The van der Waals surface area contributed by atoms with Gasteiger partial charge in [0, 0.05) is 4.47 Å². The van der Waals surface area contributed by atoms with Crippen molar-refractivity contribution in [2.45, 2.75) is 33.6 Å². The molecule has 1 heteroatoms. The van der Waals surface area contributed by atoms with Gasteiger partial charge in [0.05, 0.1) is 0 Å². The number of halogens is 1. The van der Waals surface area contributed by atoms with Crippen LogP contribution in [-0.4, -0.2) is 0 Å². The summed E-state index contributed by atoms with van der Waals surface area (Å²) in [4.78, 5) is 0. The Morgan fingerprint density at radius 1 is 1.15 bits per heavy atom. The smallest absolute Gasteiger partial charge is 0.0175 e. The monoisotopic (exact) mass is 240 g/mol. The van der Waals surface area contributed by atoms with Crippen LogP contribution in [0.1, 0.15) is 32.8 Å². The molecule has 0 heterocycles. The summed E-state index contributed by atoms with van der Waals surface area (Å²) >= 11 is 3.44. The molecule has 0 bridgehead atoms. The molecule has 0 aromatic heterocycles. The molecule has 1 aromatic carbocycles. The maximum Gasteiger partial charge on any atom is 0.0175 e. The van der Waals surface area contributed by atoms with Crippen LogP contribution in [0.2, 0.25) is 0 Å². The average molecular weight is 241 g/mol. The van der Waals surface area contributed by atoms with Crippen LogP contribution < -0.4 is 0 Å². The lowest BCUT2D eigenvalue weighted by atomic mass is 9.83. The Balaban J connectivity index is 2.69. The van der Waals surface area contributed by atoms with E-state index in [9.17, 15) is 0 Å². The molecule has 1 aromatic rings. The van der Waals surface area contributed by atoms with E-state index in [1.54, 1.807) is 0 Å². The number of hydrogen-bond donors (Lipinski definition) is 0. The summed E-state index contributed by atoms with van der Waals surface area (Å²) in [7, 11) is 0. The zero-order chi connectivity index (χ0) is 9.90. The van der Waals surface area contributed by atoms with Gasteiger partial charge in [-0.1, -0.05) is 55.3 Å². The lowest BCUT2D eigenvalue weighted by Crippen LogP contribution is -2.13. The molecule has 0 N–H and O–H groups in total. The molecular formula is C12H17Br. The summed E-state index contributed by atoms with van der Waals surface area (Å²) in [5.41, 5.74) is 1.85. The Kier molecular flexibility index (Phi) is 3.55. The van der Waals surface area contributed by atoms with Gasteiger partial charge in [-0.25, -0.2) is 0 Å². The molecule has 0 saturated carbocycles. The first-order chi connectivity index (χ1) is 6.03. The van der Waals surface area contributed by atoms with E-state index in [-0.39, 0.29) is 0 Å². The second-order valence-corrected chi connectivity index (χ2v) is 5.24. The molecule has 0 aliphatic rings. The third-order valence-corrected chi connectivity index (χ3v) is 3.08. The van der Waals surface area contributed by atoms with E-state index in [2.05, 4.69) is 61.0 Å². The number of rotatable bonds is 3. The molecule has 0 aliphatic heterocycles. The molecule has 72 valence electrons. The van der Waals surface area contributed by atoms with E-state index < -0.39 is 0 Å². The zero-order valence-electron chi connectivity index (χ0n) is 8.60. The normalized spacial score (nSPS) is 11.7. The lowest BCUT2D eigenvalue weighted by molar-refractivity contribution is 0.349. The van der Waals surface area contributed by atoms with Crippen LogP contribution >= 0.6 is 15.9 Å². The summed E-state index contributed by atoms with van der Waals surface area (Å²) in [6.07, 6.45) is 2.39. The van der Waals surface area contributed by atoms with Crippen LogP contribution in [0.4, 0.5) is 0 Å². The second-order valence-electron chi connectivity index (χ2n) is 4.32. The van der Waals surface area contributed by atoms with E-state index >= 15 is 0 Å². The van der Waals surface area contributed by atoms with E-state index in [1.165, 1.54) is 12.0 Å². The van der Waals surface area contributed by atoms with E-state index in [1.807, 2.05) is 0 Å². The summed E-state index contributed by atoms with van der Waals surface area (Å²) in [5.74, 6) is 0. The van der Waals surface area contributed by atoms with Crippen molar-refractivity contribution >= 4 is 15.9 Å². The van der Waals surface area contributed by atoms with Crippen molar-refractivity contribution in [2.75, 3.05) is 0 Å². The van der Waals surface area contributed by atoms with Crippen molar-refractivity contribution in [1.29, 1.82) is 0 Å². The Morgan fingerprint density at radius 2 is 1.69 bits per heavy atom. The molecule has 1 rings (SSSR count). The second kappa shape index (κ2) is 4.28. The fourth-order valence-electron chi connectivity index (χ4n) is 1.28. The highest BCUT2D eigenvalue weighted by molar-refractivity contribution is 9.10. The number of benzene rings is 1. The molecular weight excluding hydrogens is 224 g/mol. The van der Waals surface area contributed by atoms with Gasteiger partial charge in [-0.15, -0.1) is 0 Å². The highest BCUT2D eigenvalue weighted by Gasteiger charge is 2.15. The minimum absolute atomic E-state index is 0.424. The molecule has 0 fully saturated rings. The van der Waals surface area contributed by atoms with Crippen LogP contribution in [0.5, 0.6) is 0 Å². The Hall–Kier alpha value is -0.300. The molecule has 0 nitrogen and oxygen atoms in total. The molecule has 0 spiro atoms. The maximum atomic E-state index is 3.44. The predicted octanol–water partition coefficient (Wildman–Crippen LogP) is 4.43. The van der Waals surface area contributed by atoms with Crippen LogP contribution in [-0.2, 0) is 6.42 Å². The summed E-state index contributed by atoms with van der Waals surface area (Å²) in [5, 5.41) is 0. The molecule has 0 amide bonds. The van der Waals surface area contributed by atoms with Gasteiger partial charge < -0.3 is 0 Å². The highest BCUT2D eigenvalue weighted by Crippen LogP contribution is 2.25. The molecule has 0 unspecified atom stereocenters. The van der Waals surface area contributed by atoms with Crippen molar-refractivity contribution in [3.8, 4) is 0 Å². The van der Waals surface area contributed by atoms with Crippen molar-refractivity contribution in [1.82, 2.24) is 0 Å². The number of hydrogen-bond acceptors (Lipinski definition) is 0. The van der Waals surface area contributed by atoms with Gasteiger partial charge in [-0.3, -0.25) is 0 Å². The summed E-state index contributed by atoms with van der Waals surface area (Å²) in [6, 6.07) is 8.62. The topological polar surface area (TPSA) is 0 Å². The van der Waals surface area contributed by atoms with Crippen molar-refractivity contribution in [2.24, 2.45) is 5.41 Å². The van der Waals surface area contributed by atoms with Crippen LogP contribution in [0.3, 0.4) is 0 Å². The Labute approximate surface area is 89.5 Å². The van der Waals surface area contributed by atoms with Crippen molar-refractivity contribution in [3.63, 3.8) is 0 Å². The minimum atomic E-state index is 0.424. The van der Waals surface area contributed by atoms with Gasteiger partial charge in [0.2, 0.25) is 0 Å². The minimum Gasteiger partial charge on any atom is -0.0649 e. The fourth-order valence-corrected chi connectivity index (χ4v) is 1.54. The third kappa shape index (κ3) is 3.51. The van der Waals surface area contributed by atoms with Crippen LogP contribution in [0.15, 0.2) is 28.7 Å². The largest absolute Gasteiger partial charge is 0.0649 e. The molecule has 0 radical (unpaired) electrons. The quantitative estimate of drug-likeness (QED) is 0.734. The van der Waals surface area contributed by atoms with Gasteiger partial charge in [0.1, 0.15) is 0 Å². The SMILES string of the molecule is CCC(C)(C)Cc1ccc(Br)cc1. The van der Waals surface area contributed by atoms with Gasteiger partial charge in [0.15, 0.2) is 0 Å². The molecule has 0 atom stereocenters. The fraction of sp³-hybridized carbons (Fsp3) is 0.500. The van der Waals surface area contributed by atoms with Gasteiger partial charge in [-0.2, -0.15) is 0 Å². The van der Waals surface area contributed by atoms with Crippen LogP contribution in [0.25, 0.3) is 0 Å². The summed E-state index contributed by atoms with van der Waals surface area (Å²) in [6.45, 7) is 6.88. The Morgan fingerprint density at radius 3 is 2.15 bits per heavy atom. The molecule has 0 saturated heterocycles. The van der Waals surface area contributed by atoms with E-state index in [0.717, 1.165) is 10.9 Å². The van der Waals surface area contributed by atoms with E-state index in [4.69, 9.17) is 0 Å². The maximum absolute atomic E-state index is 3.44. The first-order valence-corrected chi connectivity index (χ1v) is 5.57. The predicted molar refractivity (Wildman–Crippen MR) is 61.9 cm³/mol. The lowest BCUT2D eigenvalue weighted by Gasteiger charge is -2.22. The van der Waals surface area contributed by atoms with Crippen LogP contribution in [0, 0.1) is 5.41 Å². The first kappa shape index (κ1) is 10.8. The van der Waals surface area contributed by atoms with Gasteiger partial charge in [-0.05, 0) is 29.5 Å². The zero-order valence-corrected chi connectivity index (χ0v) is 10.2. The highest BCUT2D eigenvalue weighted by atomic mass is 79.9. The van der Waals surface area contributed by atoms with E-state index in [0.29, 0.717) is 5.41 Å². The van der Waals surface area contributed by atoms with Gasteiger partial charge >= 0.3 is 0 Å². The van der Waals surface area contributed by atoms with Gasteiger partial charge in [0.25, 0.3) is 0 Å². The van der Waals surface area contributed by atoms with Crippen molar-refractivity contribution in [3.05, 3.63) is 34.3 Å². The standard InChI is InChI=1S/C12H17Br/c1-4-12(2,3)9-10-5-7-11(13)8-6-10/h5-8H,4,9H2,1-3H3. The summed E-state index contributed by atoms with van der Waals surface area (Å²) < 4.78 is 1.16. The first-order valence-electron chi connectivity index (χ1n) is 4.78. The third-order valence-electron chi connectivity index (χ3n) is 2.55. The Bertz CT molecular complexity index is 259. The molecule has 0 aliphatic carbocycles. The van der Waals surface area contributed by atoms with Crippen molar-refractivity contribution < 1.29 is 0 Å². The molecule has 13 heavy (non-hydrogen) atoms.